The molecule has 1 fully saturated rings. The largest absolute Gasteiger partial charge is 0.279 e. The summed E-state index contributed by atoms with van der Waals surface area (Å²) in [5.41, 5.74) is 0.789. The van der Waals surface area contributed by atoms with Crippen molar-refractivity contribution in [3.63, 3.8) is 0 Å². The summed E-state index contributed by atoms with van der Waals surface area (Å²) in [5.74, 6) is 0. The first-order chi connectivity index (χ1) is 9.00. The topological polar surface area (TPSA) is 49.4 Å². The standard InChI is InChI=1S/C13H19ClN2O2S/c1-11-6-4-5-9-16(11)19(17,18)15-10-12-7-2-3-8-13(12)14/h2-3,7-8,11,15H,4-6,9-10H2,1H3/t11-/m1/s1. The van der Waals surface area contributed by atoms with Gasteiger partial charge in [-0.3, -0.25) is 0 Å². The predicted octanol–water partition coefficient (Wildman–Crippen LogP) is 2.55. The second-order valence-corrected chi connectivity index (χ2v) is 6.99. The lowest BCUT2D eigenvalue weighted by atomic mass is 10.1. The van der Waals surface area contributed by atoms with E-state index in [1.165, 1.54) is 0 Å². The fraction of sp³-hybridized carbons (Fsp3) is 0.538. The van der Waals surface area contributed by atoms with Crippen LogP contribution < -0.4 is 4.72 Å². The zero-order chi connectivity index (χ0) is 13.9. The lowest BCUT2D eigenvalue weighted by molar-refractivity contribution is 0.265. The quantitative estimate of drug-likeness (QED) is 0.929. The SMILES string of the molecule is C[C@@H]1CCCCN1S(=O)(=O)NCc1ccccc1Cl. The Morgan fingerprint density at radius 1 is 1.37 bits per heavy atom. The molecule has 4 nitrogen and oxygen atoms in total. The molecule has 0 unspecified atom stereocenters. The van der Waals surface area contributed by atoms with Crippen LogP contribution in [0.15, 0.2) is 24.3 Å². The molecule has 1 aromatic carbocycles. The van der Waals surface area contributed by atoms with Crippen molar-refractivity contribution in [3.05, 3.63) is 34.9 Å². The highest BCUT2D eigenvalue weighted by atomic mass is 35.5. The van der Waals surface area contributed by atoms with Crippen molar-refractivity contribution >= 4 is 21.8 Å². The monoisotopic (exact) mass is 302 g/mol. The van der Waals surface area contributed by atoms with Crippen LogP contribution in [0.1, 0.15) is 31.7 Å². The molecular weight excluding hydrogens is 284 g/mol. The third-order valence-corrected chi connectivity index (χ3v) is 5.49. The van der Waals surface area contributed by atoms with Crippen LogP contribution in [0.25, 0.3) is 0 Å². The van der Waals surface area contributed by atoms with Crippen molar-refractivity contribution in [2.75, 3.05) is 6.54 Å². The molecule has 19 heavy (non-hydrogen) atoms. The van der Waals surface area contributed by atoms with Gasteiger partial charge in [-0.1, -0.05) is 36.2 Å². The van der Waals surface area contributed by atoms with Gasteiger partial charge in [0.05, 0.1) is 0 Å². The Bertz CT molecular complexity index is 533. The summed E-state index contributed by atoms with van der Waals surface area (Å²) < 4.78 is 28.7. The normalized spacial score (nSPS) is 21.5. The number of piperidine rings is 1. The van der Waals surface area contributed by atoms with E-state index in [1.807, 2.05) is 25.1 Å². The number of hydrogen-bond donors (Lipinski definition) is 1. The van der Waals surface area contributed by atoms with Crippen LogP contribution in [0.2, 0.25) is 5.02 Å². The molecule has 1 aliphatic rings. The van der Waals surface area contributed by atoms with Gasteiger partial charge in [0.15, 0.2) is 0 Å². The van der Waals surface area contributed by atoms with Crippen LogP contribution in [0.3, 0.4) is 0 Å². The van der Waals surface area contributed by atoms with E-state index in [0.29, 0.717) is 11.6 Å². The number of nitrogens with zero attached hydrogens (tertiary/aromatic N) is 1. The summed E-state index contributed by atoms with van der Waals surface area (Å²) in [4.78, 5) is 0. The Hall–Kier alpha value is -0.620. The second-order valence-electron chi connectivity index (χ2n) is 4.87. The van der Waals surface area contributed by atoms with Crippen molar-refractivity contribution in [2.24, 2.45) is 0 Å². The van der Waals surface area contributed by atoms with Crippen LogP contribution in [0, 0.1) is 0 Å². The molecule has 0 bridgehead atoms. The van der Waals surface area contributed by atoms with Crippen molar-refractivity contribution in [1.29, 1.82) is 0 Å². The van der Waals surface area contributed by atoms with Crippen molar-refractivity contribution in [3.8, 4) is 0 Å². The lowest BCUT2D eigenvalue weighted by Crippen LogP contribution is -2.47. The number of hydrogen-bond acceptors (Lipinski definition) is 2. The Morgan fingerprint density at radius 3 is 2.79 bits per heavy atom. The molecule has 1 aromatic rings. The lowest BCUT2D eigenvalue weighted by Gasteiger charge is -2.32. The van der Waals surface area contributed by atoms with Gasteiger partial charge in [-0.05, 0) is 31.4 Å². The van der Waals surface area contributed by atoms with Crippen molar-refractivity contribution in [1.82, 2.24) is 9.03 Å². The third kappa shape index (κ3) is 3.69. The van der Waals surface area contributed by atoms with Gasteiger partial charge in [-0.15, -0.1) is 0 Å². The number of nitrogens with one attached hydrogen (secondary N) is 1. The first-order valence-electron chi connectivity index (χ1n) is 6.50. The van der Waals surface area contributed by atoms with E-state index in [-0.39, 0.29) is 12.6 Å². The van der Waals surface area contributed by atoms with E-state index in [4.69, 9.17) is 11.6 Å². The summed E-state index contributed by atoms with van der Waals surface area (Å²) >= 11 is 6.02. The Labute approximate surface area is 119 Å². The maximum Gasteiger partial charge on any atom is 0.279 e. The Balaban J connectivity index is 2.03. The van der Waals surface area contributed by atoms with Gasteiger partial charge in [-0.2, -0.15) is 17.4 Å². The minimum atomic E-state index is -3.42. The van der Waals surface area contributed by atoms with Gasteiger partial charge in [0.25, 0.3) is 10.2 Å². The van der Waals surface area contributed by atoms with Crippen LogP contribution in [-0.2, 0) is 16.8 Å². The Morgan fingerprint density at radius 2 is 2.11 bits per heavy atom. The number of rotatable bonds is 4. The molecule has 1 heterocycles. The zero-order valence-corrected chi connectivity index (χ0v) is 12.5. The molecular formula is C13H19ClN2O2S. The fourth-order valence-corrected chi connectivity index (χ4v) is 3.98. The fourth-order valence-electron chi connectivity index (χ4n) is 2.32. The summed E-state index contributed by atoms with van der Waals surface area (Å²) in [7, 11) is -3.42. The molecule has 1 N–H and O–H groups in total. The molecule has 1 aliphatic heterocycles. The van der Waals surface area contributed by atoms with Crippen LogP contribution in [-0.4, -0.2) is 25.3 Å². The van der Waals surface area contributed by atoms with Crippen LogP contribution in [0.5, 0.6) is 0 Å². The van der Waals surface area contributed by atoms with E-state index >= 15 is 0 Å². The molecule has 0 aromatic heterocycles. The summed E-state index contributed by atoms with van der Waals surface area (Å²) in [6.45, 7) is 2.78. The zero-order valence-electron chi connectivity index (χ0n) is 11.0. The van der Waals surface area contributed by atoms with Gasteiger partial charge >= 0.3 is 0 Å². The number of benzene rings is 1. The summed E-state index contributed by atoms with van der Waals surface area (Å²) in [5, 5.41) is 0.580. The van der Waals surface area contributed by atoms with Crippen LogP contribution >= 0.6 is 11.6 Å². The smallest absolute Gasteiger partial charge is 0.198 e. The number of halogens is 1. The molecule has 0 spiro atoms. The molecule has 6 heteroatoms. The maximum atomic E-state index is 12.3. The average molecular weight is 303 g/mol. The first-order valence-corrected chi connectivity index (χ1v) is 8.32. The average Bonchev–Trinajstić information content (AvgIpc) is 2.38. The van der Waals surface area contributed by atoms with E-state index < -0.39 is 10.2 Å². The molecule has 0 radical (unpaired) electrons. The van der Waals surface area contributed by atoms with E-state index in [0.717, 1.165) is 24.8 Å². The minimum absolute atomic E-state index is 0.0671. The highest BCUT2D eigenvalue weighted by molar-refractivity contribution is 7.87. The van der Waals surface area contributed by atoms with Crippen molar-refractivity contribution in [2.45, 2.75) is 38.8 Å². The minimum Gasteiger partial charge on any atom is -0.198 e. The molecule has 1 saturated heterocycles. The summed E-state index contributed by atoms with van der Waals surface area (Å²) in [6, 6.07) is 7.32. The highest BCUT2D eigenvalue weighted by Crippen LogP contribution is 2.20. The van der Waals surface area contributed by atoms with Gasteiger partial charge in [0, 0.05) is 24.2 Å². The molecule has 0 saturated carbocycles. The molecule has 0 amide bonds. The molecule has 0 aliphatic carbocycles. The van der Waals surface area contributed by atoms with E-state index in [2.05, 4.69) is 4.72 Å². The molecule has 2 rings (SSSR count). The first kappa shape index (κ1) is 14.8. The second kappa shape index (κ2) is 6.22. The van der Waals surface area contributed by atoms with Gasteiger partial charge in [-0.25, -0.2) is 0 Å². The van der Waals surface area contributed by atoms with E-state index in [1.54, 1.807) is 10.4 Å². The predicted molar refractivity (Wildman–Crippen MR) is 77.2 cm³/mol. The Kier molecular flexibility index (Phi) is 4.84. The van der Waals surface area contributed by atoms with E-state index in [9.17, 15) is 8.42 Å². The molecule has 106 valence electrons. The van der Waals surface area contributed by atoms with Crippen LogP contribution in [0.4, 0.5) is 0 Å². The highest BCUT2D eigenvalue weighted by Gasteiger charge is 2.29. The third-order valence-electron chi connectivity index (χ3n) is 3.45. The maximum absolute atomic E-state index is 12.3. The van der Waals surface area contributed by atoms with Gasteiger partial charge in [0.2, 0.25) is 0 Å². The van der Waals surface area contributed by atoms with Gasteiger partial charge in [0.1, 0.15) is 0 Å². The van der Waals surface area contributed by atoms with Crippen molar-refractivity contribution < 1.29 is 8.42 Å². The molecule has 1 atom stereocenters. The summed E-state index contributed by atoms with van der Waals surface area (Å²) in [6.07, 6.45) is 2.95. The van der Waals surface area contributed by atoms with Gasteiger partial charge < -0.3 is 0 Å².